The number of ether oxygens (including phenoxy) is 2. The van der Waals surface area contributed by atoms with Crippen molar-refractivity contribution in [2.45, 2.75) is 171 Å². The highest BCUT2D eigenvalue weighted by atomic mass is 32.2. The molecule has 8 aliphatic rings. The predicted octanol–water partition coefficient (Wildman–Crippen LogP) is 10.5. The number of rotatable bonds is 11. The zero-order valence-corrected chi connectivity index (χ0v) is 41.0. The summed E-state index contributed by atoms with van der Waals surface area (Å²) in [6.07, 6.45) is 23.0. The van der Waals surface area contributed by atoms with Crippen LogP contribution in [0.15, 0.2) is 36.0 Å². The normalized spacial score (nSPS) is 37.6. The van der Waals surface area contributed by atoms with E-state index in [2.05, 4.69) is 49.7 Å². The van der Waals surface area contributed by atoms with Crippen molar-refractivity contribution in [1.82, 2.24) is 10.2 Å². The quantitative estimate of drug-likeness (QED) is 0.0948. The lowest BCUT2D eigenvalue weighted by molar-refractivity contribution is -0.194. The van der Waals surface area contributed by atoms with Crippen molar-refractivity contribution < 1.29 is 27.5 Å². The maximum Gasteiger partial charge on any atom is 0.323 e. The van der Waals surface area contributed by atoms with E-state index < -0.39 is 27.2 Å². The Hall–Kier alpha value is -1.97. The Morgan fingerprint density at radius 3 is 2.11 bits per heavy atom. The first-order chi connectivity index (χ1) is 28.9. The Labute approximate surface area is 372 Å². The second-order valence-corrected chi connectivity index (χ2v) is 24.4. The van der Waals surface area contributed by atoms with E-state index in [0.717, 1.165) is 49.6 Å². The lowest BCUT2D eigenvalue weighted by Crippen LogP contribution is -2.61. The zero-order chi connectivity index (χ0) is 44.6. The second-order valence-electron chi connectivity index (χ2n) is 22.1. The van der Waals surface area contributed by atoms with Crippen molar-refractivity contribution >= 4 is 21.8 Å². The Kier molecular flexibility index (Phi) is 15.0. The van der Waals surface area contributed by atoms with Crippen molar-refractivity contribution in [1.29, 1.82) is 0 Å². The molecule has 9 atom stereocenters. The Balaban J connectivity index is 0.00000119. The summed E-state index contributed by atoms with van der Waals surface area (Å²) in [5, 5.41) is 3.95. The Morgan fingerprint density at radius 1 is 0.902 bits per heavy atom. The van der Waals surface area contributed by atoms with Crippen molar-refractivity contribution in [2.24, 2.45) is 62.6 Å². The van der Waals surface area contributed by atoms with Crippen molar-refractivity contribution in [3.63, 3.8) is 0 Å². The zero-order valence-electron chi connectivity index (χ0n) is 40.2. The standard InChI is InChI=1S/C47H74N2O6S.C3H6.C2H6/c1-31(2)54-41(50)47(42(51)55-32(3)4)28-45(29-47)26-34(27-45)35-13-17-43(6)37(33(35)5)14-18-44(7)38-15-19-46(16-8-10-39(46)36(38)11-12-40(43)44)30-48-20-9-21-49-22-24-56(52,53)25-23-49;1-3-2;1-2/h13,26,31-33,36-40,48H,8-12,14-25,27-30H2,1-7H3;3H,1H2,2H3;1-2H3/t33?,36?,37?,38?,39-,40?,43?,44?,46?;;/m1../s1. The number of sulfone groups is 1. The van der Waals surface area contributed by atoms with Gasteiger partial charge in [-0.1, -0.05) is 59.3 Å². The summed E-state index contributed by atoms with van der Waals surface area (Å²) in [7, 11) is -2.81. The molecule has 9 heteroatoms. The third kappa shape index (κ3) is 9.16. The van der Waals surface area contributed by atoms with Crippen LogP contribution in [0.25, 0.3) is 0 Å². The molecule has 1 saturated heterocycles. The molecular formula is C52H86N2O6S. The summed E-state index contributed by atoms with van der Waals surface area (Å²) in [5.41, 5.74) is 2.96. The topological polar surface area (TPSA) is 102 Å². The van der Waals surface area contributed by atoms with E-state index in [9.17, 15) is 18.0 Å². The molecule has 0 radical (unpaired) electrons. The number of hydrogen-bond donors (Lipinski definition) is 1. The molecule has 8 rings (SSSR count). The average Bonchev–Trinajstić information content (AvgIpc) is 3.60. The SMILES string of the molecule is C=CC.CC.CC(C)OC(=O)C1(C(=O)OC(C)C)CC2(C=C(C3=CCC4(C)C(CCC5(C)C6CCC7(CNCCCN8CCS(=O)(=O)CC8)CCC[C@@H]7C6CCC45)C3C)C2)C1. The van der Waals surface area contributed by atoms with Crippen LogP contribution in [0.2, 0.25) is 0 Å². The maximum atomic E-state index is 13.3. The van der Waals surface area contributed by atoms with Gasteiger partial charge in [-0.3, -0.25) is 9.59 Å². The van der Waals surface area contributed by atoms with Gasteiger partial charge in [0.15, 0.2) is 15.3 Å². The molecule has 5 saturated carbocycles. The number of carbonyl (C=O) groups excluding carboxylic acids is 2. The number of esters is 2. The summed E-state index contributed by atoms with van der Waals surface area (Å²) in [5.74, 6) is 4.42. The summed E-state index contributed by atoms with van der Waals surface area (Å²) >= 11 is 0. The van der Waals surface area contributed by atoms with Gasteiger partial charge >= 0.3 is 11.9 Å². The minimum Gasteiger partial charge on any atom is -0.462 e. The van der Waals surface area contributed by atoms with Gasteiger partial charge in [-0.25, -0.2) is 8.42 Å². The lowest BCUT2D eigenvalue weighted by atomic mass is 9.37. The van der Waals surface area contributed by atoms with Gasteiger partial charge in [0, 0.05) is 19.6 Å². The van der Waals surface area contributed by atoms with Crippen LogP contribution in [0, 0.1) is 62.6 Å². The molecule has 6 fully saturated rings. The van der Waals surface area contributed by atoms with Crippen LogP contribution in [0.1, 0.15) is 159 Å². The van der Waals surface area contributed by atoms with Gasteiger partial charge in [0.25, 0.3) is 0 Å². The van der Waals surface area contributed by atoms with Crippen LogP contribution in [0.4, 0.5) is 0 Å². The van der Waals surface area contributed by atoms with Crippen LogP contribution in [0.3, 0.4) is 0 Å². The maximum absolute atomic E-state index is 13.3. The van der Waals surface area contributed by atoms with Gasteiger partial charge < -0.3 is 19.7 Å². The molecule has 8 nitrogen and oxygen atoms in total. The molecule has 0 amide bonds. The first kappa shape index (κ1) is 48.5. The van der Waals surface area contributed by atoms with Crippen LogP contribution in [-0.2, 0) is 28.9 Å². The number of hydrogen-bond acceptors (Lipinski definition) is 8. The van der Waals surface area contributed by atoms with E-state index >= 15 is 0 Å². The Bertz CT molecular complexity index is 1720. The van der Waals surface area contributed by atoms with E-state index in [1.54, 1.807) is 11.6 Å². The molecule has 0 aromatic rings. The van der Waals surface area contributed by atoms with Crippen molar-refractivity contribution in [3.05, 3.63) is 36.0 Å². The number of nitrogens with one attached hydrogen (secondary N) is 1. The van der Waals surface area contributed by atoms with E-state index in [0.29, 0.717) is 65.5 Å². The molecule has 0 aromatic heterocycles. The van der Waals surface area contributed by atoms with Gasteiger partial charge in [-0.2, -0.15) is 0 Å². The van der Waals surface area contributed by atoms with Gasteiger partial charge in [0.05, 0.1) is 23.7 Å². The highest BCUT2D eigenvalue weighted by Gasteiger charge is 2.68. The molecule has 1 heterocycles. The van der Waals surface area contributed by atoms with Crippen LogP contribution in [0.5, 0.6) is 0 Å². The molecule has 1 N–H and O–H groups in total. The molecule has 7 aliphatic carbocycles. The minimum absolute atomic E-state index is 0.0987. The molecule has 61 heavy (non-hydrogen) atoms. The van der Waals surface area contributed by atoms with Crippen LogP contribution < -0.4 is 5.32 Å². The van der Waals surface area contributed by atoms with Gasteiger partial charge in [-0.15, -0.1) is 6.58 Å². The smallest absolute Gasteiger partial charge is 0.323 e. The molecule has 1 aliphatic heterocycles. The highest BCUT2D eigenvalue weighted by Crippen LogP contribution is 2.73. The fraction of sp³-hybridized carbons (Fsp3) is 0.846. The van der Waals surface area contributed by atoms with Gasteiger partial charge in [-0.05, 0) is 199 Å². The molecule has 1 spiro atoms. The summed E-state index contributed by atoms with van der Waals surface area (Å²) in [6.45, 7) is 29.2. The van der Waals surface area contributed by atoms with Crippen LogP contribution in [-0.4, -0.2) is 81.7 Å². The summed E-state index contributed by atoms with van der Waals surface area (Å²) < 4.78 is 34.9. The number of fused-ring (bicyclic) bond motifs is 7. The van der Waals surface area contributed by atoms with E-state index in [4.69, 9.17) is 9.47 Å². The third-order valence-electron chi connectivity index (χ3n) is 17.8. The monoisotopic (exact) mass is 867 g/mol. The fourth-order valence-corrected chi connectivity index (χ4v) is 16.7. The van der Waals surface area contributed by atoms with E-state index in [-0.39, 0.29) is 17.6 Å². The van der Waals surface area contributed by atoms with Crippen LogP contribution >= 0.6 is 0 Å². The van der Waals surface area contributed by atoms with Gasteiger partial charge in [0.2, 0.25) is 0 Å². The summed E-state index contributed by atoms with van der Waals surface area (Å²) in [6, 6.07) is 0. The molecular weight excluding hydrogens is 781 g/mol. The lowest BCUT2D eigenvalue weighted by Gasteiger charge is -2.67. The minimum atomic E-state index is -2.81. The number of nitrogens with zero attached hydrogens (tertiary/aromatic N) is 1. The van der Waals surface area contributed by atoms with E-state index in [1.807, 2.05) is 48.5 Å². The van der Waals surface area contributed by atoms with Crippen molar-refractivity contribution in [2.75, 3.05) is 44.2 Å². The average molecular weight is 867 g/mol. The highest BCUT2D eigenvalue weighted by molar-refractivity contribution is 7.91. The fourth-order valence-electron chi connectivity index (χ4n) is 15.4. The largest absolute Gasteiger partial charge is 0.462 e. The van der Waals surface area contributed by atoms with E-state index in [1.165, 1.54) is 76.3 Å². The number of carbonyl (C=O) groups is 2. The predicted molar refractivity (Wildman–Crippen MR) is 249 cm³/mol. The second kappa shape index (κ2) is 18.9. The molecule has 0 aromatic carbocycles. The van der Waals surface area contributed by atoms with Gasteiger partial charge in [0.1, 0.15) is 0 Å². The first-order valence-corrected chi connectivity index (χ1v) is 26.7. The Morgan fingerprint density at radius 2 is 1.51 bits per heavy atom. The molecule has 346 valence electrons. The van der Waals surface area contributed by atoms with Crippen molar-refractivity contribution in [3.8, 4) is 0 Å². The number of allylic oxidation sites excluding steroid dienone is 5. The summed E-state index contributed by atoms with van der Waals surface area (Å²) in [4.78, 5) is 28.9. The molecule has 8 unspecified atom stereocenters. The third-order valence-corrected chi connectivity index (χ3v) is 19.4. The first-order valence-electron chi connectivity index (χ1n) is 24.9. The molecule has 0 bridgehead atoms.